The minimum Gasteiger partial charge on any atom is -0.497 e. The first kappa shape index (κ1) is 22.5. The molecule has 0 saturated heterocycles. The Kier molecular flexibility index (Phi) is 6.83. The van der Waals surface area contributed by atoms with Crippen LogP contribution in [0, 0.1) is 10.1 Å². The summed E-state index contributed by atoms with van der Waals surface area (Å²) in [7, 11) is 2.66. The summed E-state index contributed by atoms with van der Waals surface area (Å²) in [5, 5.41) is 14.1. The van der Waals surface area contributed by atoms with Gasteiger partial charge in [0.2, 0.25) is 5.91 Å². The van der Waals surface area contributed by atoms with Gasteiger partial charge in [0.1, 0.15) is 17.4 Å². The molecule has 1 heterocycles. The van der Waals surface area contributed by atoms with Gasteiger partial charge in [0.05, 0.1) is 25.6 Å². The second kappa shape index (κ2) is 9.73. The molecule has 0 unspecified atom stereocenters. The molecule has 1 amide bonds. The lowest BCUT2D eigenvalue weighted by atomic mass is 10.0. The number of esters is 1. The Labute approximate surface area is 181 Å². The number of fused-ring (bicyclic) bond motifs is 1. The highest BCUT2D eigenvalue weighted by molar-refractivity contribution is 5.87. The van der Waals surface area contributed by atoms with E-state index in [9.17, 15) is 24.5 Å². The molecule has 3 rings (SSSR count). The number of carbonyl (C=O) groups is 2. The molecule has 1 aromatic heterocycles. The third-order valence-electron chi connectivity index (χ3n) is 4.77. The number of amides is 1. The lowest BCUT2D eigenvalue weighted by Crippen LogP contribution is -2.43. The lowest BCUT2D eigenvalue weighted by molar-refractivity contribution is -0.384. The molecule has 1 atom stereocenters. The molecule has 32 heavy (non-hydrogen) atoms. The molecule has 0 aliphatic heterocycles. The Hall–Kier alpha value is -4.21. The number of nitro benzene ring substituents is 1. The molecule has 166 valence electrons. The molecule has 0 bridgehead atoms. The normalized spacial score (nSPS) is 11.6. The van der Waals surface area contributed by atoms with E-state index < -0.39 is 28.5 Å². The number of nitrogens with one attached hydrogen (secondary N) is 1. The molecule has 10 heteroatoms. The second-order valence-corrected chi connectivity index (χ2v) is 6.90. The van der Waals surface area contributed by atoms with Crippen molar-refractivity contribution in [1.29, 1.82) is 0 Å². The average molecular weight is 440 g/mol. The maximum Gasteiger partial charge on any atom is 0.336 e. The van der Waals surface area contributed by atoms with Crippen LogP contribution in [0.5, 0.6) is 5.75 Å². The quantitative estimate of drug-likeness (QED) is 0.243. The fraction of sp³-hybridized carbons (Fsp3) is 0.227. The van der Waals surface area contributed by atoms with Gasteiger partial charge < -0.3 is 19.2 Å². The van der Waals surface area contributed by atoms with Crippen LogP contribution < -0.4 is 15.7 Å². The van der Waals surface area contributed by atoms with E-state index in [4.69, 9.17) is 13.9 Å². The van der Waals surface area contributed by atoms with Crippen LogP contribution in [0.3, 0.4) is 0 Å². The van der Waals surface area contributed by atoms with Crippen molar-refractivity contribution in [1.82, 2.24) is 5.32 Å². The van der Waals surface area contributed by atoms with Gasteiger partial charge >= 0.3 is 11.6 Å². The SMILES string of the molecule is COC(=O)[C@H](Cc1cc(=O)oc2cc(OC)ccc12)NC(=O)Cc1cccc([N+](=O)[O-])c1. The van der Waals surface area contributed by atoms with Gasteiger partial charge in [0, 0.05) is 36.1 Å². The van der Waals surface area contributed by atoms with Crippen LogP contribution in [0.25, 0.3) is 11.0 Å². The summed E-state index contributed by atoms with van der Waals surface area (Å²) in [6.07, 6.45) is -0.203. The molecule has 3 aromatic rings. The molecule has 0 fully saturated rings. The number of nitro groups is 1. The Balaban J connectivity index is 1.84. The van der Waals surface area contributed by atoms with Gasteiger partial charge in [-0.2, -0.15) is 0 Å². The number of hydrogen-bond donors (Lipinski definition) is 1. The van der Waals surface area contributed by atoms with E-state index in [1.807, 2.05) is 0 Å². The monoisotopic (exact) mass is 440 g/mol. The summed E-state index contributed by atoms with van der Waals surface area (Å²) >= 11 is 0. The molecule has 10 nitrogen and oxygen atoms in total. The first-order valence-corrected chi connectivity index (χ1v) is 9.52. The Morgan fingerprint density at radius 2 is 1.94 bits per heavy atom. The van der Waals surface area contributed by atoms with Gasteiger partial charge in [-0.1, -0.05) is 12.1 Å². The molecule has 0 spiro atoms. The minimum absolute atomic E-state index is 0.0260. The summed E-state index contributed by atoms with van der Waals surface area (Å²) in [5.41, 5.74) is 0.409. The van der Waals surface area contributed by atoms with Gasteiger partial charge in [-0.05, 0) is 23.3 Å². The number of hydrogen-bond acceptors (Lipinski definition) is 8. The standard InChI is InChI=1S/C22H20N2O8/c1-30-16-6-7-17-14(11-21(26)32-19(17)12-16)10-18(22(27)31-2)23-20(25)9-13-4-3-5-15(8-13)24(28)29/h3-8,11-12,18H,9-10H2,1-2H3,(H,23,25)/t18-/m0/s1. The number of rotatable bonds is 8. The second-order valence-electron chi connectivity index (χ2n) is 6.90. The predicted molar refractivity (Wildman–Crippen MR) is 113 cm³/mol. The summed E-state index contributed by atoms with van der Waals surface area (Å²) in [6, 6.07) is 10.7. The van der Waals surface area contributed by atoms with Crippen LogP contribution in [0.4, 0.5) is 5.69 Å². The van der Waals surface area contributed by atoms with Crippen LogP contribution in [-0.2, 0) is 27.2 Å². The molecular formula is C22H20N2O8. The van der Waals surface area contributed by atoms with Crippen molar-refractivity contribution in [3.05, 3.63) is 80.2 Å². The van der Waals surface area contributed by atoms with Gasteiger partial charge in [-0.3, -0.25) is 14.9 Å². The van der Waals surface area contributed by atoms with Gasteiger partial charge in [0.25, 0.3) is 5.69 Å². The number of ether oxygens (including phenoxy) is 2. The zero-order valence-corrected chi connectivity index (χ0v) is 17.3. The van der Waals surface area contributed by atoms with Crippen LogP contribution in [-0.4, -0.2) is 37.1 Å². The lowest BCUT2D eigenvalue weighted by Gasteiger charge is -2.17. The van der Waals surface area contributed by atoms with E-state index in [1.54, 1.807) is 24.3 Å². The molecule has 0 radical (unpaired) electrons. The molecule has 1 N–H and O–H groups in total. The zero-order chi connectivity index (χ0) is 23.3. The van der Waals surface area contributed by atoms with Gasteiger partial charge in [0.15, 0.2) is 0 Å². The van der Waals surface area contributed by atoms with Crippen molar-refractivity contribution in [2.75, 3.05) is 14.2 Å². The van der Waals surface area contributed by atoms with Gasteiger partial charge in [-0.25, -0.2) is 9.59 Å². The van der Waals surface area contributed by atoms with Gasteiger partial charge in [-0.15, -0.1) is 0 Å². The molecule has 0 saturated carbocycles. The van der Waals surface area contributed by atoms with Crippen molar-refractivity contribution in [3.8, 4) is 5.75 Å². The Morgan fingerprint density at radius 3 is 2.62 bits per heavy atom. The Morgan fingerprint density at radius 1 is 1.16 bits per heavy atom. The summed E-state index contributed by atoms with van der Waals surface area (Å²) in [5.74, 6) is -0.741. The third-order valence-corrected chi connectivity index (χ3v) is 4.77. The van der Waals surface area contributed by atoms with E-state index in [-0.39, 0.29) is 24.1 Å². The molecule has 0 aliphatic rings. The van der Waals surface area contributed by atoms with Crippen molar-refractivity contribution < 1.29 is 28.4 Å². The predicted octanol–water partition coefficient (Wildman–Crippen LogP) is 2.15. The van der Waals surface area contributed by atoms with Crippen molar-refractivity contribution in [2.45, 2.75) is 18.9 Å². The van der Waals surface area contributed by atoms with E-state index >= 15 is 0 Å². The number of non-ortho nitro benzene ring substituents is 1. The van der Waals surface area contributed by atoms with E-state index in [0.29, 0.717) is 22.3 Å². The minimum atomic E-state index is -1.08. The fourth-order valence-corrected chi connectivity index (χ4v) is 3.27. The highest BCUT2D eigenvalue weighted by Crippen LogP contribution is 2.23. The highest BCUT2D eigenvalue weighted by Gasteiger charge is 2.24. The molecule has 2 aromatic carbocycles. The largest absolute Gasteiger partial charge is 0.497 e. The maximum atomic E-state index is 12.5. The Bertz CT molecular complexity index is 1230. The van der Waals surface area contributed by atoms with Crippen LogP contribution in [0.2, 0.25) is 0 Å². The summed E-state index contributed by atoms with van der Waals surface area (Å²) in [4.78, 5) is 47.2. The van der Waals surface area contributed by atoms with Crippen molar-refractivity contribution >= 4 is 28.5 Å². The number of benzene rings is 2. The van der Waals surface area contributed by atoms with E-state index in [2.05, 4.69) is 5.32 Å². The smallest absolute Gasteiger partial charge is 0.336 e. The van der Waals surface area contributed by atoms with Crippen molar-refractivity contribution in [2.24, 2.45) is 0 Å². The zero-order valence-electron chi connectivity index (χ0n) is 17.3. The van der Waals surface area contributed by atoms with Crippen molar-refractivity contribution in [3.63, 3.8) is 0 Å². The summed E-state index contributed by atoms with van der Waals surface area (Å²) in [6.45, 7) is 0. The topological polar surface area (TPSA) is 138 Å². The first-order chi connectivity index (χ1) is 15.3. The average Bonchev–Trinajstić information content (AvgIpc) is 2.77. The number of nitrogens with zero attached hydrogens (tertiary/aromatic N) is 1. The summed E-state index contributed by atoms with van der Waals surface area (Å²) < 4.78 is 15.1. The third kappa shape index (κ3) is 5.28. The first-order valence-electron chi connectivity index (χ1n) is 9.52. The van der Waals surface area contributed by atoms with E-state index in [0.717, 1.165) is 0 Å². The van der Waals surface area contributed by atoms with Crippen LogP contribution in [0.15, 0.2) is 57.7 Å². The van der Waals surface area contributed by atoms with Crippen LogP contribution >= 0.6 is 0 Å². The fourth-order valence-electron chi connectivity index (χ4n) is 3.27. The van der Waals surface area contributed by atoms with E-state index in [1.165, 1.54) is 38.5 Å². The number of carbonyl (C=O) groups excluding carboxylic acids is 2. The highest BCUT2D eigenvalue weighted by atomic mass is 16.6. The molecule has 0 aliphatic carbocycles. The number of methoxy groups -OCH3 is 2. The maximum absolute atomic E-state index is 12.5. The van der Waals surface area contributed by atoms with Crippen LogP contribution in [0.1, 0.15) is 11.1 Å². The molecular weight excluding hydrogens is 420 g/mol.